The van der Waals surface area contributed by atoms with Crippen molar-refractivity contribution in [3.63, 3.8) is 0 Å². The van der Waals surface area contributed by atoms with E-state index in [4.69, 9.17) is 11.0 Å². The maximum Gasteiger partial charge on any atom is 0.191 e. The van der Waals surface area contributed by atoms with Crippen LogP contribution in [0.25, 0.3) is 10.5 Å². The SMILES string of the molecule is N#CC1CC2(C1)CC(c1cnc3nc(N)sc3n1)C2. The molecule has 2 aliphatic carbocycles. The van der Waals surface area contributed by atoms with Gasteiger partial charge in [0.25, 0.3) is 0 Å². The second kappa shape index (κ2) is 3.64. The first-order valence-electron chi connectivity index (χ1n) is 6.46. The number of hydrogen-bond donors (Lipinski definition) is 1. The van der Waals surface area contributed by atoms with E-state index in [1.54, 1.807) is 0 Å². The number of hydrogen-bond acceptors (Lipinski definition) is 6. The van der Waals surface area contributed by atoms with Crippen LogP contribution < -0.4 is 5.73 Å². The number of anilines is 1. The third-order valence-electron chi connectivity index (χ3n) is 4.48. The van der Waals surface area contributed by atoms with Crippen molar-refractivity contribution in [3.8, 4) is 6.07 Å². The highest BCUT2D eigenvalue weighted by Gasteiger charge is 2.53. The first-order valence-corrected chi connectivity index (χ1v) is 7.28. The summed E-state index contributed by atoms with van der Waals surface area (Å²) in [6, 6.07) is 2.36. The Hall–Kier alpha value is -1.74. The molecular formula is C13H13N5S. The molecule has 5 nitrogen and oxygen atoms in total. The number of thiazole rings is 1. The first-order chi connectivity index (χ1) is 9.17. The molecule has 19 heavy (non-hydrogen) atoms. The molecule has 0 atom stereocenters. The average Bonchev–Trinajstić information content (AvgIpc) is 2.65. The molecule has 96 valence electrons. The van der Waals surface area contributed by atoms with Gasteiger partial charge >= 0.3 is 0 Å². The van der Waals surface area contributed by atoms with Gasteiger partial charge in [0, 0.05) is 11.8 Å². The van der Waals surface area contributed by atoms with Gasteiger partial charge in [-0.2, -0.15) is 10.2 Å². The van der Waals surface area contributed by atoms with E-state index in [9.17, 15) is 0 Å². The van der Waals surface area contributed by atoms with E-state index in [-0.39, 0.29) is 5.92 Å². The van der Waals surface area contributed by atoms with Crippen LogP contribution in [0.2, 0.25) is 0 Å². The van der Waals surface area contributed by atoms with Crippen LogP contribution in [-0.4, -0.2) is 15.0 Å². The summed E-state index contributed by atoms with van der Waals surface area (Å²) in [6.45, 7) is 0. The predicted molar refractivity (Wildman–Crippen MR) is 72.4 cm³/mol. The lowest BCUT2D eigenvalue weighted by Crippen LogP contribution is -2.46. The van der Waals surface area contributed by atoms with E-state index in [2.05, 4.69) is 21.0 Å². The van der Waals surface area contributed by atoms with Crippen molar-refractivity contribution in [2.75, 3.05) is 5.73 Å². The lowest BCUT2D eigenvalue weighted by molar-refractivity contribution is -0.0216. The van der Waals surface area contributed by atoms with Crippen LogP contribution in [0.5, 0.6) is 0 Å². The summed E-state index contributed by atoms with van der Waals surface area (Å²) < 4.78 is 0. The summed E-state index contributed by atoms with van der Waals surface area (Å²) >= 11 is 1.39. The Bertz CT molecular complexity index is 687. The van der Waals surface area contributed by atoms with E-state index in [0.29, 0.717) is 22.1 Å². The summed E-state index contributed by atoms with van der Waals surface area (Å²) in [7, 11) is 0. The van der Waals surface area contributed by atoms with Crippen LogP contribution in [0, 0.1) is 22.7 Å². The van der Waals surface area contributed by atoms with E-state index < -0.39 is 0 Å². The summed E-state index contributed by atoms with van der Waals surface area (Å²) in [5.74, 6) is 0.788. The van der Waals surface area contributed by atoms with E-state index in [0.717, 1.165) is 36.2 Å². The van der Waals surface area contributed by atoms with Crippen molar-refractivity contribution in [1.29, 1.82) is 5.26 Å². The molecule has 2 fully saturated rings. The second-order valence-corrected chi connectivity index (χ2v) is 6.82. The summed E-state index contributed by atoms with van der Waals surface area (Å²) in [6.07, 6.45) is 6.28. The number of nitrogens with zero attached hydrogens (tertiary/aromatic N) is 4. The van der Waals surface area contributed by atoms with Crippen LogP contribution in [0.1, 0.15) is 37.3 Å². The second-order valence-electron chi connectivity index (χ2n) is 5.82. The third kappa shape index (κ3) is 1.61. The van der Waals surface area contributed by atoms with Gasteiger partial charge < -0.3 is 5.73 Å². The number of fused-ring (bicyclic) bond motifs is 1. The Morgan fingerprint density at radius 2 is 2.11 bits per heavy atom. The van der Waals surface area contributed by atoms with Gasteiger partial charge in [0.05, 0.1) is 18.0 Å². The largest absolute Gasteiger partial charge is 0.375 e. The van der Waals surface area contributed by atoms with E-state index >= 15 is 0 Å². The average molecular weight is 271 g/mol. The zero-order chi connectivity index (χ0) is 13.0. The first kappa shape index (κ1) is 11.1. The number of nitriles is 1. The number of nitrogens with two attached hydrogens (primary N) is 1. The highest BCUT2D eigenvalue weighted by atomic mass is 32.1. The fourth-order valence-corrected chi connectivity index (χ4v) is 4.22. The van der Waals surface area contributed by atoms with E-state index in [1.165, 1.54) is 11.3 Å². The van der Waals surface area contributed by atoms with Crippen LogP contribution in [-0.2, 0) is 0 Å². The summed E-state index contributed by atoms with van der Waals surface area (Å²) in [5, 5.41) is 9.37. The number of aromatic nitrogens is 3. The standard InChI is InChI=1S/C13H13N5S/c14-5-7-1-13(2-7)3-8(4-13)9-6-16-10-11(17-9)19-12(15)18-10/h6-8H,1-4H2,(H2,15,16,18). The van der Waals surface area contributed by atoms with Gasteiger partial charge in [-0.15, -0.1) is 0 Å². The molecule has 2 N–H and O–H groups in total. The minimum atomic E-state index is 0.288. The lowest BCUT2D eigenvalue weighted by Gasteiger charge is -2.56. The quantitative estimate of drug-likeness (QED) is 0.860. The Morgan fingerprint density at radius 1 is 1.32 bits per heavy atom. The topological polar surface area (TPSA) is 88.5 Å². The molecule has 0 radical (unpaired) electrons. The fourth-order valence-electron chi connectivity index (χ4n) is 3.55. The van der Waals surface area contributed by atoms with Gasteiger partial charge in [-0.1, -0.05) is 11.3 Å². The molecule has 0 aromatic carbocycles. The zero-order valence-corrected chi connectivity index (χ0v) is 11.2. The monoisotopic (exact) mass is 271 g/mol. The highest BCUT2D eigenvalue weighted by molar-refractivity contribution is 7.21. The van der Waals surface area contributed by atoms with Gasteiger partial charge in [-0.05, 0) is 31.1 Å². The molecule has 1 spiro atoms. The van der Waals surface area contributed by atoms with Crippen molar-refractivity contribution >= 4 is 26.9 Å². The smallest absolute Gasteiger partial charge is 0.191 e. The highest BCUT2D eigenvalue weighted by Crippen LogP contribution is 2.63. The lowest BCUT2D eigenvalue weighted by atomic mass is 9.48. The Balaban J connectivity index is 1.52. The van der Waals surface area contributed by atoms with Crippen LogP contribution in [0.3, 0.4) is 0 Å². The molecule has 0 saturated heterocycles. The zero-order valence-electron chi connectivity index (χ0n) is 10.3. The van der Waals surface area contributed by atoms with Crippen LogP contribution >= 0.6 is 11.3 Å². The van der Waals surface area contributed by atoms with Crippen LogP contribution in [0.4, 0.5) is 5.13 Å². The minimum absolute atomic E-state index is 0.288. The fraction of sp³-hybridized carbons (Fsp3) is 0.538. The molecule has 2 saturated carbocycles. The molecule has 2 aromatic heterocycles. The molecule has 0 bridgehead atoms. The number of rotatable bonds is 1. The van der Waals surface area contributed by atoms with Crippen molar-refractivity contribution in [3.05, 3.63) is 11.9 Å². The summed E-state index contributed by atoms with van der Waals surface area (Å²) in [4.78, 5) is 13.9. The maximum absolute atomic E-state index is 8.85. The van der Waals surface area contributed by atoms with Crippen molar-refractivity contribution < 1.29 is 0 Å². The molecule has 6 heteroatoms. The molecule has 2 aliphatic rings. The van der Waals surface area contributed by atoms with Gasteiger partial charge in [0.1, 0.15) is 0 Å². The minimum Gasteiger partial charge on any atom is -0.375 e. The molecule has 2 aromatic rings. The number of nitrogen functional groups attached to an aromatic ring is 1. The Morgan fingerprint density at radius 3 is 2.84 bits per heavy atom. The molecule has 0 aliphatic heterocycles. The Kier molecular flexibility index (Phi) is 2.13. The predicted octanol–water partition coefficient (Wildman–Crippen LogP) is 2.47. The Labute approximate surface area is 114 Å². The van der Waals surface area contributed by atoms with Gasteiger partial charge in [-0.25, -0.2) is 9.97 Å². The normalized spacial score (nSPS) is 32.8. The molecular weight excluding hydrogens is 258 g/mol. The van der Waals surface area contributed by atoms with Crippen molar-refractivity contribution in [2.24, 2.45) is 11.3 Å². The van der Waals surface area contributed by atoms with Gasteiger partial charge in [-0.3, -0.25) is 0 Å². The van der Waals surface area contributed by atoms with Gasteiger partial charge in [0.15, 0.2) is 15.6 Å². The van der Waals surface area contributed by atoms with Crippen molar-refractivity contribution in [1.82, 2.24) is 15.0 Å². The molecule has 4 rings (SSSR count). The summed E-state index contributed by atoms with van der Waals surface area (Å²) in [5.41, 5.74) is 7.81. The molecule has 0 unspecified atom stereocenters. The maximum atomic E-state index is 8.85. The third-order valence-corrected chi connectivity index (χ3v) is 5.24. The molecule has 2 heterocycles. The van der Waals surface area contributed by atoms with E-state index in [1.807, 2.05) is 6.20 Å². The van der Waals surface area contributed by atoms with Crippen LogP contribution in [0.15, 0.2) is 6.20 Å². The molecule has 0 amide bonds. The van der Waals surface area contributed by atoms with Gasteiger partial charge in [0.2, 0.25) is 0 Å². The van der Waals surface area contributed by atoms with Crippen molar-refractivity contribution in [2.45, 2.75) is 31.6 Å².